The number of hydrogen-bond acceptors (Lipinski definition) is 2. The maximum Gasteiger partial charge on any atom is 0.243 e. The van der Waals surface area contributed by atoms with Crippen LogP contribution in [0.1, 0.15) is 36.5 Å². The Hall–Kier alpha value is -2.89. The standard InChI is InChI=1S/C28H29Cl2FN2O2/c1-2-3-15-32-28(35)26(16-20-7-5-4-6-8-20)33(19-22-11-12-23(29)18-25(22)30)27(34)17-21-9-13-24(31)14-10-21/h4-14,18,26H,2-3,15-17,19H2,1H3,(H,32,35)/t26-/m0/s1. The van der Waals surface area contributed by atoms with Gasteiger partial charge in [0, 0.05) is 29.6 Å². The van der Waals surface area contributed by atoms with Gasteiger partial charge in [0.25, 0.3) is 0 Å². The zero-order valence-electron chi connectivity index (χ0n) is 19.6. The second-order valence-corrected chi connectivity index (χ2v) is 9.25. The average molecular weight is 515 g/mol. The van der Waals surface area contributed by atoms with Gasteiger partial charge in [-0.1, -0.05) is 85.1 Å². The van der Waals surface area contributed by atoms with E-state index in [-0.39, 0.29) is 30.6 Å². The summed E-state index contributed by atoms with van der Waals surface area (Å²) in [7, 11) is 0. The third-order valence-corrected chi connectivity index (χ3v) is 6.31. The third kappa shape index (κ3) is 8.08. The molecule has 0 aliphatic carbocycles. The van der Waals surface area contributed by atoms with Crippen molar-refractivity contribution in [3.63, 3.8) is 0 Å². The number of nitrogens with zero attached hydrogens (tertiary/aromatic N) is 1. The van der Waals surface area contributed by atoms with Crippen molar-refractivity contribution < 1.29 is 14.0 Å². The van der Waals surface area contributed by atoms with Gasteiger partial charge in [0.05, 0.1) is 6.42 Å². The molecule has 0 bridgehead atoms. The Morgan fingerprint density at radius 2 is 1.69 bits per heavy atom. The molecule has 0 aliphatic rings. The number of benzene rings is 3. The summed E-state index contributed by atoms with van der Waals surface area (Å²) in [5.74, 6) is -0.850. The molecule has 35 heavy (non-hydrogen) atoms. The van der Waals surface area contributed by atoms with Crippen LogP contribution in [-0.2, 0) is 29.0 Å². The molecule has 0 radical (unpaired) electrons. The summed E-state index contributed by atoms with van der Waals surface area (Å²) in [6.07, 6.45) is 2.16. The maximum atomic E-state index is 13.6. The lowest BCUT2D eigenvalue weighted by molar-refractivity contribution is -0.140. The van der Waals surface area contributed by atoms with Crippen LogP contribution in [0.2, 0.25) is 10.0 Å². The van der Waals surface area contributed by atoms with Gasteiger partial charge >= 0.3 is 0 Å². The molecule has 0 aliphatic heterocycles. The molecular weight excluding hydrogens is 486 g/mol. The van der Waals surface area contributed by atoms with Crippen LogP contribution in [0.15, 0.2) is 72.8 Å². The third-order valence-electron chi connectivity index (χ3n) is 5.73. The van der Waals surface area contributed by atoms with Gasteiger partial charge in [-0.3, -0.25) is 9.59 Å². The monoisotopic (exact) mass is 514 g/mol. The Morgan fingerprint density at radius 3 is 2.34 bits per heavy atom. The SMILES string of the molecule is CCCCNC(=O)[C@H](Cc1ccccc1)N(Cc1ccc(Cl)cc1Cl)C(=O)Cc1ccc(F)cc1. The number of carbonyl (C=O) groups excluding carboxylic acids is 2. The summed E-state index contributed by atoms with van der Waals surface area (Å²) in [6.45, 7) is 2.71. The van der Waals surface area contributed by atoms with E-state index in [9.17, 15) is 14.0 Å². The van der Waals surface area contributed by atoms with Gasteiger partial charge in [0.2, 0.25) is 11.8 Å². The number of amides is 2. The summed E-state index contributed by atoms with van der Waals surface area (Å²) in [5.41, 5.74) is 2.28. The van der Waals surface area contributed by atoms with E-state index >= 15 is 0 Å². The van der Waals surface area contributed by atoms with E-state index in [0.29, 0.717) is 34.1 Å². The molecule has 2 amide bonds. The summed E-state index contributed by atoms with van der Waals surface area (Å²) in [5, 5.41) is 3.89. The number of unbranched alkanes of at least 4 members (excludes halogenated alkanes) is 1. The Balaban J connectivity index is 1.96. The first-order valence-corrected chi connectivity index (χ1v) is 12.4. The number of nitrogens with one attached hydrogen (secondary N) is 1. The van der Waals surface area contributed by atoms with Crippen molar-refractivity contribution in [1.29, 1.82) is 0 Å². The highest BCUT2D eigenvalue weighted by molar-refractivity contribution is 6.35. The van der Waals surface area contributed by atoms with Crippen molar-refractivity contribution >= 4 is 35.0 Å². The molecule has 0 unspecified atom stereocenters. The van der Waals surface area contributed by atoms with Crippen molar-refractivity contribution in [1.82, 2.24) is 10.2 Å². The predicted octanol–water partition coefficient (Wildman–Crippen LogP) is 6.23. The fraction of sp³-hybridized carbons (Fsp3) is 0.286. The molecule has 0 spiro atoms. The fourth-order valence-electron chi connectivity index (χ4n) is 3.77. The Morgan fingerprint density at radius 1 is 0.971 bits per heavy atom. The van der Waals surface area contributed by atoms with E-state index in [1.165, 1.54) is 12.1 Å². The molecule has 3 aromatic rings. The minimum absolute atomic E-state index is 0.0268. The van der Waals surface area contributed by atoms with E-state index in [2.05, 4.69) is 12.2 Å². The molecule has 0 heterocycles. The molecule has 4 nitrogen and oxygen atoms in total. The zero-order chi connectivity index (χ0) is 25.2. The van der Waals surface area contributed by atoms with Crippen molar-refractivity contribution in [3.05, 3.63) is 105 Å². The maximum absolute atomic E-state index is 13.6. The smallest absolute Gasteiger partial charge is 0.243 e. The van der Waals surface area contributed by atoms with E-state index in [4.69, 9.17) is 23.2 Å². The summed E-state index contributed by atoms with van der Waals surface area (Å²) >= 11 is 12.5. The lowest BCUT2D eigenvalue weighted by Crippen LogP contribution is -2.51. The lowest BCUT2D eigenvalue weighted by Gasteiger charge is -2.32. The van der Waals surface area contributed by atoms with Crippen LogP contribution in [0.4, 0.5) is 4.39 Å². The predicted molar refractivity (Wildman–Crippen MR) is 139 cm³/mol. The number of carbonyl (C=O) groups is 2. The molecule has 3 aromatic carbocycles. The first-order chi connectivity index (χ1) is 16.9. The number of rotatable bonds is 11. The van der Waals surface area contributed by atoms with Crippen LogP contribution in [0.5, 0.6) is 0 Å². The Kier molecular flexibility index (Phi) is 10.1. The van der Waals surface area contributed by atoms with Gasteiger partial charge in [0.15, 0.2) is 0 Å². The molecule has 184 valence electrons. The first kappa shape index (κ1) is 26.7. The second-order valence-electron chi connectivity index (χ2n) is 8.41. The molecule has 0 aromatic heterocycles. The Bertz CT molecular complexity index is 1120. The van der Waals surface area contributed by atoms with Crippen molar-refractivity contribution in [2.24, 2.45) is 0 Å². The zero-order valence-corrected chi connectivity index (χ0v) is 21.2. The highest BCUT2D eigenvalue weighted by atomic mass is 35.5. The molecular formula is C28H29Cl2FN2O2. The number of halogens is 3. The quantitative estimate of drug-likeness (QED) is 0.308. The van der Waals surface area contributed by atoms with Gasteiger partial charge in [-0.15, -0.1) is 0 Å². The molecule has 7 heteroatoms. The topological polar surface area (TPSA) is 49.4 Å². The molecule has 0 fully saturated rings. The van der Waals surface area contributed by atoms with E-state index in [1.54, 1.807) is 35.2 Å². The van der Waals surface area contributed by atoms with E-state index < -0.39 is 6.04 Å². The van der Waals surface area contributed by atoms with Crippen LogP contribution in [0, 0.1) is 5.82 Å². The highest BCUT2D eigenvalue weighted by Gasteiger charge is 2.30. The molecule has 0 saturated carbocycles. The van der Waals surface area contributed by atoms with E-state index in [1.807, 2.05) is 30.3 Å². The molecule has 1 N–H and O–H groups in total. The van der Waals surface area contributed by atoms with Crippen molar-refractivity contribution in [3.8, 4) is 0 Å². The van der Waals surface area contributed by atoms with Crippen LogP contribution >= 0.6 is 23.2 Å². The van der Waals surface area contributed by atoms with Gasteiger partial charge in [0.1, 0.15) is 11.9 Å². The van der Waals surface area contributed by atoms with Crippen molar-refractivity contribution in [2.45, 2.75) is 45.2 Å². The van der Waals surface area contributed by atoms with Crippen LogP contribution in [0.3, 0.4) is 0 Å². The summed E-state index contributed by atoms with van der Waals surface area (Å²) in [4.78, 5) is 28.6. The summed E-state index contributed by atoms with van der Waals surface area (Å²) in [6, 6.07) is 19.7. The minimum Gasteiger partial charge on any atom is -0.354 e. The van der Waals surface area contributed by atoms with Gasteiger partial charge < -0.3 is 10.2 Å². The summed E-state index contributed by atoms with van der Waals surface area (Å²) < 4.78 is 13.4. The first-order valence-electron chi connectivity index (χ1n) is 11.7. The van der Waals surface area contributed by atoms with Crippen LogP contribution in [0.25, 0.3) is 0 Å². The fourth-order valence-corrected chi connectivity index (χ4v) is 4.24. The Labute approximate surface area is 216 Å². The molecule has 1 atom stereocenters. The average Bonchev–Trinajstić information content (AvgIpc) is 2.84. The van der Waals surface area contributed by atoms with Gasteiger partial charge in [-0.25, -0.2) is 4.39 Å². The van der Waals surface area contributed by atoms with Gasteiger partial charge in [-0.05, 0) is 47.4 Å². The van der Waals surface area contributed by atoms with E-state index in [0.717, 1.165) is 18.4 Å². The van der Waals surface area contributed by atoms with Crippen molar-refractivity contribution in [2.75, 3.05) is 6.54 Å². The van der Waals surface area contributed by atoms with Gasteiger partial charge in [-0.2, -0.15) is 0 Å². The lowest BCUT2D eigenvalue weighted by atomic mass is 10.0. The normalized spacial score (nSPS) is 11.7. The van der Waals surface area contributed by atoms with Crippen LogP contribution in [-0.4, -0.2) is 29.3 Å². The minimum atomic E-state index is -0.756. The highest BCUT2D eigenvalue weighted by Crippen LogP contribution is 2.24. The molecule has 0 saturated heterocycles. The molecule has 3 rings (SSSR count). The second kappa shape index (κ2) is 13.3. The number of hydrogen-bond donors (Lipinski definition) is 1. The largest absolute Gasteiger partial charge is 0.354 e. The van der Waals surface area contributed by atoms with Crippen LogP contribution < -0.4 is 5.32 Å².